The van der Waals surface area contributed by atoms with Crippen molar-refractivity contribution in [2.75, 3.05) is 5.75 Å². The summed E-state index contributed by atoms with van der Waals surface area (Å²) in [6.45, 7) is 1.96. The molecular formula is C19H21ClN4OS. The first-order valence-corrected chi connectivity index (χ1v) is 10.0. The highest BCUT2D eigenvalue weighted by Gasteiger charge is 2.33. The van der Waals surface area contributed by atoms with Crippen molar-refractivity contribution < 1.29 is 4.79 Å². The molecule has 1 aliphatic rings. The smallest absolute Gasteiger partial charge is 0.231 e. The van der Waals surface area contributed by atoms with E-state index in [4.69, 9.17) is 11.6 Å². The minimum atomic E-state index is -0.700. The molecule has 5 nitrogen and oxygen atoms in total. The third kappa shape index (κ3) is 4.05. The van der Waals surface area contributed by atoms with Gasteiger partial charge in [-0.15, -0.1) is 0 Å². The van der Waals surface area contributed by atoms with Crippen molar-refractivity contribution in [3.05, 3.63) is 41.2 Å². The van der Waals surface area contributed by atoms with Crippen LogP contribution < -0.4 is 5.32 Å². The molecule has 0 atom stereocenters. The van der Waals surface area contributed by atoms with E-state index < -0.39 is 5.54 Å². The van der Waals surface area contributed by atoms with Gasteiger partial charge >= 0.3 is 0 Å². The first-order chi connectivity index (χ1) is 12.5. The lowest BCUT2D eigenvalue weighted by molar-refractivity contribution is -0.120. The average Bonchev–Trinajstić information content (AvgIpc) is 3.11. The van der Waals surface area contributed by atoms with Crippen LogP contribution in [0.4, 0.5) is 0 Å². The molecule has 1 saturated carbocycles. The minimum Gasteiger partial charge on any atom is -0.337 e. The van der Waals surface area contributed by atoms with Crippen molar-refractivity contribution in [2.45, 2.75) is 49.7 Å². The number of nitrogens with zero attached hydrogens (tertiary/aromatic N) is 3. The summed E-state index contributed by atoms with van der Waals surface area (Å²) in [5, 5.41) is 13.9. The van der Waals surface area contributed by atoms with Crippen LogP contribution >= 0.6 is 23.4 Å². The fourth-order valence-electron chi connectivity index (χ4n) is 3.29. The Morgan fingerprint density at radius 3 is 2.92 bits per heavy atom. The Balaban J connectivity index is 1.68. The summed E-state index contributed by atoms with van der Waals surface area (Å²) < 4.78 is 1.93. The summed E-state index contributed by atoms with van der Waals surface area (Å²) in [6.07, 6.45) is 8.13. The quantitative estimate of drug-likeness (QED) is 0.776. The van der Waals surface area contributed by atoms with Crippen molar-refractivity contribution in [3.8, 4) is 11.8 Å². The van der Waals surface area contributed by atoms with E-state index in [9.17, 15) is 10.1 Å². The van der Waals surface area contributed by atoms with Crippen LogP contribution in [0.1, 0.15) is 37.7 Å². The van der Waals surface area contributed by atoms with E-state index in [2.05, 4.69) is 16.4 Å². The van der Waals surface area contributed by atoms with Gasteiger partial charge in [0, 0.05) is 17.4 Å². The van der Waals surface area contributed by atoms with Crippen molar-refractivity contribution >= 4 is 29.3 Å². The lowest BCUT2D eigenvalue weighted by Gasteiger charge is -2.31. The van der Waals surface area contributed by atoms with Gasteiger partial charge in [-0.05, 0) is 37.5 Å². The van der Waals surface area contributed by atoms with E-state index in [-0.39, 0.29) is 11.7 Å². The predicted octanol–water partition coefficient (Wildman–Crippen LogP) is 4.27. The summed E-state index contributed by atoms with van der Waals surface area (Å²) >= 11 is 7.57. The number of carbonyl (C=O) groups excluding carboxylic acids is 1. The second-order valence-corrected chi connectivity index (χ2v) is 7.90. The Morgan fingerprint density at radius 1 is 1.42 bits per heavy atom. The lowest BCUT2D eigenvalue weighted by Crippen LogP contribution is -2.49. The van der Waals surface area contributed by atoms with Gasteiger partial charge in [0.15, 0.2) is 5.16 Å². The van der Waals surface area contributed by atoms with Crippen LogP contribution in [0.5, 0.6) is 0 Å². The zero-order valence-electron chi connectivity index (χ0n) is 14.7. The van der Waals surface area contributed by atoms with Crippen LogP contribution in [-0.2, 0) is 4.79 Å². The van der Waals surface area contributed by atoms with Crippen LogP contribution in [0.25, 0.3) is 5.69 Å². The molecule has 0 aliphatic heterocycles. The van der Waals surface area contributed by atoms with Gasteiger partial charge in [-0.3, -0.25) is 9.36 Å². The number of nitrogens with one attached hydrogen (secondary N) is 1. The first kappa shape index (κ1) is 18.8. The first-order valence-electron chi connectivity index (χ1n) is 8.68. The average molecular weight is 389 g/mol. The molecule has 1 aliphatic carbocycles. The summed E-state index contributed by atoms with van der Waals surface area (Å²) in [5.74, 6) is 0.0934. The van der Waals surface area contributed by atoms with Crippen LogP contribution in [0.3, 0.4) is 0 Å². The minimum absolute atomic E-state index is 0.129. The number of hydrogen-bond donors (Lipinski definition) is 1. The van der Waals surface area contributed by atoms with E-state index in [1.165, 1.54) is 11.8 Å². The van der Waals surface area contributed by atoms with Crippen molar-refractivity contribution in [1.82, 2.24) is 14.9 Å². The number of rotatable bonds is 5. The van der Waals surface area contributed by atoms with Gasteiger partial charge in [0.2, 0.25) is 5.91 Å². The van der Waals surface area contributed by atoms with Gasteiger partial charge in [-0.1, -0.05) is 48.7 Å². The van der Waals surface area contributed by atoms with Gasteiger partial charge < -0.3 is 5.32 Å². The topological polar surface area (TPSA) is 70.7 Å². The summed E-state index contributed by atoms with van der Waals surface area (Å²) in [7, 11) is 0. The number of hydrogen-bond acceptors (Lipinski definition) is 4. The molecule has 1 aromatic heterocycles. The number of benzene rings is 1. The molecule has 0 bridgehead atoms. The van der Waals surface area contributed by atoms with Crippen molar-refractivity contribution in [1.29, 1.82) is 5.26 Å². The highest BCUT2D eigenvalue weighted by Crippen LogP contribution is 2.29. The third-order valence-corrected chi connectivity index (χ3v) is 6.11. The molecule has 0 spiro atoms. The maximum absolute atomic E-state index is 12.4. The molecule has 0 saturated heterocycles. The Morgan fingerprint density at radius 2 is 2.19 bits per heavy atom. The molecule has 0 radical (unpaired) electrons. The standard InChI is InChI=1S/C19H21ClN4OS/c1-14-15(20)6-5-7-16(14)24-11-10-22-18(24)26-12-17(25)23-19(13-21)8-3-2-4-9-19/h5-7,10-11H,2-4,8-9,12H2,1H3,(H,23,25). The van der Waals surface area contributed by atoms with Crippen LogP contribution in [0, 0.1) is 18.3 Å². The second-order valence-electron chi connectivity index (χ2n) is 6.56. The third-order valence-electron chi connectivity index (χ3n) is 4.74. The molecular weight excluding hydrogens is 368 g/mol. The molecule has 1 N–H and O–H groups in total. The van der Waals surface area contributed by atoms with Crippen molar-refractivity contribution in [3.63, 3.8) is 0 Å². The number of amides is 1. The highest BCUT2D eigenvalue weighted by molar-refractivity contribution is 7.99. The number of aromatic nitrogens is 2. The van der Waals surface area contributed by atoms with Gasteiger partial charge in [0.25, 0.3) is 0 Å². The fraction of sp³-hybridized carbons (Fsp3) is 0.421. The molecule has 2 aromatic rings. The summed E-state index contributed by atoms with van der Waals surface area (Å²) in [6, 6.07) is 8.03. The van der Waals surface area contributed by atoms with Crippen molar-refractivity contribution in [2.24, 2.45) is 0 Å². The Kier molecular flexibility index (Phi) is 5.90. The Hall–Kier alpha value is -1.97. The molecule has 1 fully saturated rings. The molecule has 7 heteroatoms. The summed E-state index contributed by atoms with van der Waals surface area (Å²) in [4.78, 5) is 16.8. The number of thioether (sulfide) groups is 1. The number of halogens is 1. The molecule has 1 heterocycles. The highest BCUT2D eigenvalue weighted by atomic mass is 35.5. The van der Waals surface area contributed by atoms with Gasteiger partial charge in [0.1, 0.15) is 5.54 Å². The molecule has 26 heavy (non-hydrogen) atoms. The zero-order valence-corrected chi connectivity index (χ0v) is 16.2. The van der Waals surface area contributed by atoms with Gasteiger partial charge in [-0.25, -0.2) is 4.98 Å². The zero-order chi connectivity index (χ0) is 18.6. The van der Waals surface area contributed by atoms with E-state index >= 15 is 0 Å². The molecule has 136 valence electrons. The normalized spacial score (nSPS) is 16.0. The summed E-state index contributed by atoms with van der Waals surface area (Å²) in [5.41, 5.74) is 1.21. The molecule has 1 amide bonds. The number of nitriles is 1. The van der Waals surface area contributed by atoms with Crippen LogP contribution in [-0.4, -0.2) is 26.8 Å². The maximum Gasteiger partial charge on any atom is 0.231 e. The van der Waals surface area contributed by atoms with E-state index in [0.29, 0.717) is 5.02 Å². The second kappa shape index (κ2) is 8.15. The van der Waals surface area contributed by atoms with E-state index in [1.54, 1.807) is 6.20 Å². The largest absolute Gasteiger partial charge is 0.337 e. The fourth-order valence-corrected chi connectivity index (χ4v) is 4.23. The van der Waals surface area contributed by atoms with E-state index in [1.807, 2.05) is 35.9 Å². The lowest BCUT2D eigenvalue weighted by atomic mass is 9.83. The number of carbonyl (C=O) groups is 1. The SMILES string of the molecule is Cc1c(Cl)cccc1-n1ccnc1SCC(=O)NC1(C#N)CCCCC1. The van der Waals surface area contributed by atoms with Crippen LogP contribution in [0.2, 0.25) is 5.02 Å². The van der Waals surface area contributed by atoms with E-state index in [0.717, 1.165) is 48.5 Å². The van der Waals surface area contributed by atoms with Gasteiger partial charge in [-0.2, -0.15) is 5.26 Å². The predicted molar refractivity (Wildman–Crippen MR) is 104 cm³/mol. The van der Waals surface area contributed by atoms with Crippen LogP contribution in [0.15, 0.2) is 35.7 Å². The number of imidazole rings is 1. The molecule has 1 aromatic carbocycles. The Labute approximate surface area is 162 Å². The van der Waals surface area contributed by atoms with Gasteiger partial charge in [0.05, 0.1) is 17.5 Å². The Bertz CT molecular complexity index is 836. The maximum atomic E-state index is 12.4. The molecule has 0 unspecified atom stereocenters. The molecule has 3 rings (SSSR count). The monoisotopic (exact) mass is 388 g/mol.